The molecule has 5 heteroatoms. The number of hydrogen-bond donors (Lipinski definition) is 1. The molecule has 1 saturated heterocycles. The van der Waals surface area contributed by atoms with E-state index in [1.54, 1.807) is 0 Å². The maximum Gasteiger partial charge on any atom is 0.248 e. The highest BCUT2D eigenvalue weighted by Gasteiger charge is 2.44. The molecule has 1 N–H and O–H groups in total. The van der Waals surface area contributed by atoms with Gasteiger partial charge in [0.1, 0.15) is 0 Å². The van der Waals surface area contributed by atoms with Crippen LogP contribution in [0.15, 0.2) is 0 Å². The predicted octanol–water partition coefficient (Wildman–Crippen LogP) is 1.98. The molecular formula is C9H16ClF2NO. The first-order valence-corrected chi connectivity index (χ1v) is 4.83. The SMILES string of the molecule is Cl.FC1(F)CCC2(CC1)COCCN2. The molecule has 0 bridgehead atoms. The van der Waals surface area contributed by atoms with Gasteiger partial charge in [0.05, 0.1) is 13.2 Å². The Hall–Kier alpha value is 0.0700. The van der Waals surface area contributed by atoms with Crippen molar-refractivity contribution in [3.63, 3.8) is 0 Å². The first-order valence-electron chi connectivity index (χ1n) is 4.83. The fourth-order valence-corrected chi connectivity index (χ4v) is 2.12. The number of morpholine rings is 1. The maximum absolute atomic E-state index is 12.9. The van der Waals surface area contributed by atoms with E-state index in [4.69, 9.17) is 4.74 Å². The van der Waals surface area contributed by atoms with Crippen LogP contribution in [0, 0.1) is 0 Å². The third-order valence-corrected chi connectivity index (χ3v) is 3.06. The van der Waals surface area contributed by atoms with Crippen LogP contribution in [0.4, 0.5) is 8.78 Å². The van der Waals surface area contributed by atoms with Gasteiger partial charge in [0.2, 0.25) is 5.92 Å². The minimum atomic E-state index is -2.44. The van der Waals surface area contributed by atoms with E-state index in [0.29, 0.717) is 26.1 Å². The summed E-state index contributed by atoms with van der Waals surface area (Å²) in [6, 6.07) is 0. The van der Waals surface area contributed by atoms with Crippen molar-refractivity contribution in [1.82, 2.24) is 5.32 Å². The average molecular weight is 228 g/mol. The Balaban J connectivity index is 0.000000980. The molecule has 84 valence electrons. The normalized spacial score (nSPS) is 29.6. The van der Waals surface area contributed by atoms with E-state index in [-0.39, 0.29) is 30.8 Å². The second kappa shape index (κ2) is 4.29. The van der Waals surface area contributed by atoms with Crippen molar-refractivity contribution < 1.29 is 13.5 Å². The number of alkyl halides is 2. The summed E-state index contributed by atoms with van der Waals surface area (Å²) in [6.07, 6.45) is 1.09. The van der Waals surface area contributed by atoms with Crippen LogP contribution in [0.5, 0.6) is 0 Å². The van der Waals surface area contributed by atoms with E-state index >= 15 is 0 Å². The zero-order valence-electron chi connectivity index (χ0n) is 8.02. The Morgan fingerprint density at radius 1 is 1.07 bits per heavy atom. The van der Waals surface area contributed by atoms with Gasteiger partial charge in [-0.2, -0.15) is 0 Å². The molecule has 1 aliphatic carbocycles. The van der Waals surface area contributed by atoms with E-state index < -0.39 is 5.92 Å². The van der Waals surface area contributed by atoms with Gasteiger partial charge in [0, 0.05) is 24.9 Å². The van der Waals surface area contributed by atoms with Crippen LogP contribution in [-0.4, -0.2) is 31.2 Å². The fraction of sp³-hybridized carbons (Fsp3) is 1.00. The molecule has 0 atom stereocenters. The summed E-state index contributed by atoms with van der Waals surface area (Å²) in [5.74, 6) is -2.44. The number of nitrogens with one attached hydrogen (secondary N) is 1. The van der Waals surface area contributed by atoms with E-state index in [1.165, 1.54) is 0 Å². The van der Waals surface area contributed by atoms with Crippen molar-refractivity contribution in [1.29, 1.82) is 0 Å². The third-order valence-electron chi connectivity index (χ3n) is 3.06. The van der Waals surface area contributed by atoms with Crippen LogP contribution in [0.2, 0.25) is 0 Å². The van der Waals surface area contributed by atoms with Gasteiger partial charge in [-0.3, -0.25) is 0 Å². The highest BCUT2D eigenvalue weighted by Crippen LogP contribution is 2.39. The van der Waals surface area contributed by atoms with Crippen LogP contribution in [-0.2, 0) is 4.74 Å². The van der Waals surface area contributed by atoms with Gasteiger partial charge in [-0.15, -0.1) is 12.4 Å². The number of rotatable bonds is 0. The van der Waals surface area contributed by atoms with E-state index in [0.717, 1.165) is 6.54 Å². The van der Waals surface area contributed by atoms with Gasteiger partial charge in [-0.1, -0.05) is 0 Å². The quantitative estimate of drug-likeness (QED) is 0.683. The van der Waals surface area contributed by atoms with Crippen molar-refractivity contribution in [2.24, 2.45) is 0 Å². The van der Waals surface area contributed by atoms with Gasteiger partial charge in [0.15, 0.2) is 0 Å². The smallest absolute Gasteiger partial charge is 0.248 e. The lowest BCUT2D eigenvalue weighted by atomic mass is 9.80. The van der Waals surface area contributed by atoms with Crippen molar-refractivity contribution in [2.75, 3.05) is 19.8 Å². The minimum Gasteiger partial charge on any atom is -0.378 e. The number of halogens is 3. The molecule has 2 fully saturated rings. The highest BCUT2D eigenvalue weighted by atomic mass is 35.5. The van der Waals surface area contributed by atoms with Crippen molar-refractivity contribution in [3.8, 4) is 0 Å². The first kappa shape index (κ1) is 12.1. The second-order valence-corrected chi connectivity index (χ2v) is 4.12. The molecular weight excluding hydrogens is 212 g/mol. The molecule has 2 aliphatic rings. The molecule has 0 aromatic heterocycles. The van der Waals surface area contributed by atoms with Crippen LogP contribution in [0.1, 0.15) is 25.7 Å². The average Bonchev–Trinajstić information content (AvgIpc) is 2.13. The van der Waals surface area contributed by atoms with E-state index in [2.05, 4.69) is 5.32 Å². The Labute approximate surface area is 88.8 Å². The molecule has 0 aromatic rings. The van der Waals surface area contributed by atoms with Crippen molar-refractivity contribution in [3.05, 3.63) is 0 Å². The molecule has 1 aliphatic heterocycles. The highest BCUT2D eigenvalue weighted by molar-refractivity contribution is 5.85. The van der Waals surface area contributed by atoms with Crippen LogP contribution >= 0.6 is 12.4 Å². The Morgan fingerprint density at radius 3 is 2.21 bits per heavy atom. The van der Waals surface area contributed by atoms with E-state index in [9.17, 15) is 8.78 Å². The summed E-state index contributed by atoms with van der Waals surface area (Å²) >= 11 is 0. The molecule has 1 heterocycles. The molecule has 0 amide bonds. The zero-order valence-corrected chi connectivity index (χ0v) is 8.84. The molecule has 2 nitrogen and oxygen atoms in total. The van der Waals surface area contributed by atoms with E-state index in [1.807, 2.05) is 0 Å². The van der Waals surface area contributed by atoms with Gasteiger partial charge in [-0.25, -0.2) is 8.78 Å². The fourth-order valence-electron chi connectivity index (χ4n) is 2.12. The van der Waals surface area contributed by atoms with Crippen LogP contribution < -0.4 is 5.32 Å². The summed E-state index contributed by atoms with van der Waals surface area (Å²) in [5, 5.41) is 3.31. The molecule has 1 saturated carbocycles. The lowest BCUT2D eigenvalue weighted by Crippen LogP contribution is -2.57. The molecule has 0 aromatic carbocycles. The Kier molecular flexibility index (Phi) is 3.72. The molecule has 0 radical (unpaired) electrons. The predicted molar refractivity (Wildman–Crippen MR) is 52.2 cm³/mol. The van der Waals surface area contributed by atoms with Gasteiger partial charge >= 0.3 is 0 Å². The number of ether oxygens (including phenoxy) is 1. The lowest BCUT2D eigenvalue weighted by molar-refractivity contribution is -0.0811. The van der Waals surface area contributed by atoms with Gasteiger partial charge < -0.3 is 10.1 Å². The van der Waals surface area contributed by atoms with Gasteiger partial charge in [-0.05, 0) is 12.8 Å². The van der Waals surface area contributed by atoms with Crippen LogP contribution in [0.25, 0.3) is 0 Å². The Bertz CT molecular complexity index is 183. The summed E-state index contributed by atoms with van der Waals surface area (Å²) in [7, 11) is 0. The summed E-state index contributed by atoms with van der Waals surface area (Å²) in [6.45, 7) is 2.10. The van der Waals surface area contributed by atoms with Crippen molar-refractivity contribution in [2.45, 2.75) is 37.1 Å². The maximum atomic E-state index is 12.9. The topological polar surface area (TPSA) is 21.3 Å². The second-order valence-electron chi connectivity index (χ2n) is 4.12. The number of hydrogen-bond acceptors (Lipinski definition) is 2. The minimum absolute atomic E-state index is 0. The summed E-state index contributed by atoms with van der Waals surface area (Å²) in [4.78, 5) is 0. The van der Waals surface area contributed by atoms with Crippen LogP contribution in [0.3, 0.4) is 0 Å². The largest absolute Gasteiger partial charge is 0.378 e. The summed E-state index contributed by atoms with van der Waals surface area (Å²) < 4.78 is 31.1. The zero-order chi connectivity index (χ0) is 9.36. The standard InChI is InChI=1S/C9H15F2NO.ClH/c10-9(11)3-1-8(2-4-9)7-13-6-5-12-8;/h12H,1-7H2;1H. The monoisotopic (exact) mass is 227 g/mol. The van der Waals surface area contributed by atoms with Gasteiger partial charge in [0.25, 0.3) is 0 Å². The summed E-state index contributed by atoms with van der Waals surface area (Å²) in [5.41, 5.74) is -0.139. The lowest BCUT2D eigenvalue weighted by Gasteiger charge is -2.43. The molecule has 1 spiro atoms. The first-order chi connectivity index (χ1) is 6.12. The molecule has 0 unspecified atom stereocenters. The molecule has 2 rings (SSSR count). The Morgan fingerprint density at radius 2 is 1.71 bits per heavy atom. The molecule has 14 heavy (non-hydrogen) atoms. The third kappa shape index (κ3) is 2.55. The van der Waals surface area contributed by atoms with Crippen molar-refractivity contribution >= 4 is 12.4 Å².